The smallest absolute Gasteiger partial charge is 0.323 e. The first-order valence-electron chi connectivity index (χ1n) is 6.45. The Morgan fingerprint density at radius 3 is 2.63 bits per heavy atom. The quantitative estimate of drug-likeness (QED) is 0.589. The molecule has 0 radical (unpaired) electrons. The molecule has 0 spiro atoms. The Balaban J connectivity index is 2.39. The Hall–Kier alpha value is -1.07. The summed E-state index contributed by atoms with van der Waals surface area (Å²) in [5, 5.41) is 3.11. The number of ether oxygens (including phenoxy) is 1. The molecule has 0 aliphatic heterocycles. The first-order valence-corrected chi connectivity index (χ1v) is 7.44. The molecule has 3 nitrogen and oxygen atoms in total. The molecular formula is C14H20FNO2S. The third-order valence-electron chi connectivity index (χ3n) is 2.51. The van der Waals surface area contributed by atoms with Crippen molar-refractivity contribution < 1.29 is 13.9 Å². The lowest BCUT2D eigenvalue weighted by Crippen LogP contribution is -2.38. The van der Waals surface area contributed by atoms with Crippen LogP contribution in [0.25, 0.3) is 0 Å². The lowest BCUT2D eigenvalue weighted by atomic mass is 10.2. The number of likely N-dealkylation sites (N-methyl/N-ethyl adjacent to an activating group) is 1. The maximum Gasteiger partial charge on any atom is 0.323 e. The van der Waals surface area contributed by atoms with E-state index in [0.717, 1.165) is 17.2 Å². The molecule has 1 N–H and O–H groups in total. The number of carbonyl (C=O) groups is 1. The van der Waals surface area contributed by atoms with Crippen molar-refractivity contribution in [3.63, 3.8) is 0 Å². The van der Waals surface area contributed by atoms with Gasteiger partial charge in [0.15, 0.2) is 0 Å². The van der Waals surface area contributed by atoms with E-state index in [1.165, 1.54) is 12.1 Å². The molecule has 0 bridgehead atoms. The van der Waals surface area contributed by atoms with Crippen molar-refractivity contribution in [1.29, 1.82) is 0 Å². The summed E-state index contributed by atoms with van der Waals surface area (Å²) in [6.07, 6.45) is 0.689. The highest BCUT2D eigenvalue weighted by molar-refractivity contribution is 7.99. The molecule has 5 heteroatoms. The Labute approximate surface area is 117 Å². The van der Waals surface area contributed by atoms with E-state index in [4.69, 9.17) is 4.74 Å². The van der Waals surface area contributed by atoms with Gasteiger partial charge < -0.3 is 10.1 Å². The van der Waals surface area contributed by atoms with E-state index in [-0.39, 0.29) is 17.8 Å². The zero-order valence-electron chi connectivity index (χ0n) is 11.3. The van der Waals surface area contributed by atoms with Gasteiger partial charge in [0.05, 0.1) is 6.61 Å². The molecule has 0 amide bonds. The largest absolute Gasteiger partial charge is 0.465 e. The zero-order chi connectivity index (χ0) is 14.1. The molecule has 0 saturated heterocycles. The predicted molar refractivity (Wildman–Crippen MR) is 75.8 cm³/mol. The van der Waals surface area contributed by atoms with Crippen LogP contribution in [-0.4, -0.2) is 30.9 Å². The molecular weight excluding hydrogens is 265 g/mol. The van der Waals surface area contributed by atoms with Crippen LogP contribution in [0.3, 0.4) is 0 Å². The van der Waals surface area contributed by atoms with E-state index in [9.17, 15) is 9.18 Å². The predicted octanol–water partition coefficient (Wildman–Crippen LogP) is 2.85. The summed E-state index contributed by atoms with van der Waals surface area (Å²) in [4.78, 5) is 12.7. The minimum atomic E-state index is -0.266. The van der Waals surface area contributed by atoms with Crippen LogP contribution in [0.1, 0.15) is 20.3 Å². The van der Waals surface area contributed by atoms with E-state index >= 15 is 0 Å². The van der Waals surface area contributed by atoms with Gasteiger partial charge in [-0.3, -0.25) is 4.79 Å². The number of benzene rings is 1. The van der Waals surface area contributed by atoms with Crippen LogP contribution < -0.4 is 5.32 Å². The van der Waals surface area contributed by atoms with E-state index in [1.807, 2.05) is 6.92 Å². The number of thioether (sulfide) groups is 1. The van der Waals surface area contributed by atoms with Gasteiger partial charge in [0.25, 0.3) is 0 Å². The second-order valence-electron chi connectivity index (χ2n) is 3.95. The molecule has 1 atom stereocenters. The van der Waals surface area contributed by atoms with Crippen molar-refractivity contribution in [1.82, 2.24) is 5.32 Å². The maximum absolute atomic E-state index is 12.7. The topological polar surface area (TPSA) is 38.3 Å². The Morgan fingerprint density at radius 2 is 2.05 bits per heavy atom. The normalized spacial score (nSPS) is 12.2. The first-order chi connectivity index (χ1) is 9.17. The number of esters is 1. The molecule has 1 aromatic carbocycles. The number of hydrogen-bond donors (Lipinski definition) is 1. The molecule has 1 unspecified atom stereocenters. The Bertz CT molecular complexity index is 384. The van der Waals surface area contributed by atoms with Gasteiger partial charge in [-0.1, -0.05) is 6.92 Å². The van der Waals surface area contributed by atoms with E-state index in [1.54, 1.807) is 30.8 Å². The van der Waals surface area contributed by atoms with Crippen LogP contribution in [0, 0.1) is 5.82 Å². The Kier molecular flexibility index (Phi) is 7.52. The molecule has 0 heterocycles. The van der Waals surface area contributed by atoms with Crippen LogP contribution in [0.2, 0.25) is 0 Å². The van der Waals surface area contributed by atoms with E-state index in [2.05, 4.69) is 5.32 Å². The second-order valence-corrected chi connectivity index (χ2v) is 5.12. The van der Waals surface area contributed by atoms with Crippen molar-refractivity contribution in [3.05, 3.63) is 30.1 Å². The van der Waals surface area contributed by atoms with Gasteiger partial charge in [0.1, 0.15) is 11.9 Å². The standard InChI is InChI=1S/C14H20FNO2S/c1-3-16-13(14(17)18-4-2)9-10-19-12-7-5-11(15)6-8-12/h5-8,13,16H,3-4,9-10H2,1-2H3. The number of carbonyl (C=O) groups excluding carboxylic acids is 1. The van der Waals surface area contributed by atoms with E-state index < -0.39 is 0 Å². The van der Waals surface area contributed by atoms with Crippen LogP contribution in [0.5, 0.6) is 0 Å². The lowest BCUT2D eigenvalue weighted by Gasteiger charge is -2.15. The summed E-state index contributed by atoms with van der Waals surface area (Å²) in [7, 11) is 0. The number of halogens is 1. The number of hydrogen-bond acceptors (Lipinski definition) is 4. The van der Waals surface area contributed by atoms with E-state index in [0.29, 0.717) is 13.0 Å². The molecule has 0 fully saturated rings. The maximum atomic E-state index is 12.7. The second kappa shape index (κ2) is 8.93. The summed E-state index contributed by atoms with van der Waals surface area (Å²) in [5.74, 6) is 0.340. The minimum absolute atomic E-state index is 0.205. The van der Waals surface area contributed by atoms with Crippen LogP contribution in [-0.2, 0) is 9.53 Å². The van der Waals surface area contributed by atoms with Gasteiger partial charge in [0.2, 0.25) is 0 Å². The molecule has 0 aliphatic carbocycles. The number of nitrogens with one attached hydrogen (secondary N) is 1. The fraction of sp³-hybridized carbons (Fsp3) is 0.500. The van der Waals surface area contributed by atoms with Gasteiger partial charge in [-0.25, -0.2) is 4.39 Å². The summed E-state index contributed by atoms with van der Waals surface area (Å²) < 4.78 is 17.8. The Morgan fingerprint density at radius 1 is 1.37 bits per heavy atom. The van der Waals surface area contributed by atoms with Crippen LogP contribution in [0.4, 0.5) is 4.39 Å². The van der Waals surface area contributed by atoms with Gasteiger partial charge in [-0.2, -0.15) is 0 Å². The fourth-order valence-corrected chi connectivity index (χ4v) is 2.54. The fourth-order valence-electron chi connectivity index (χ4n) is 1.62. The van der Waals surface area contributed by atoms with Gasteiger partial charge in [0, 0.05) is 10.6 Å². The molecule has 0 aromatic heterocycles. The average molecular weight is 285 g/mol. The number of rotatable bonds is 8. The summed E-state index contributed by atoms with van der Waals surface area (Å²) in [6.45, 7) is 4.88. The lowest BCUT2D eigenvalue weighted by molar-refractivity contribution is -0.145. The summed E-state index contributed by atoms with van der Waals surface area (Å²) in [5.41, 5.74) is 0. The highest BCUT2D eigenvalue weighted by Crippen LogP contribution is 2.19. The summed E-state index contributed by atoms with van der Waals surface area (Å²) in [6, 6.07) is 6.10. The van der Waals surface area contributed by atoms with Gasteiger partial charge >= 0.3 is 5.97 Å². The highest BCUT2D eigenvalue weighted by atomic mass is 32.2. The molecule has 19 heavy (non-hydrogen) atoms. The zero-order valence-corrected chi connectivity index (χ0v) is 12.1. The SMILES string of the molecule is CCNC(CCSc1ccc(F)cc1)C(=O)OCC. The third-order valence-corrected chi connectivity index (χ3v) is 3.56. The molecule has 1 rings (SSSR count). The van der Waals surface area contributed by atoms with Crippen molar-refractivity contribution in [2.45, 2.75) is 31.2 Å². The first kappa shape index (κ1) is 16.0. The molecule has 0 saturated carbocycles. The van der Waals surface area contributed by atoms with Gasteiger partial charge in [-0.05, 0) is 44.2 Å². The van der Waals surface area contributed by atoms with Crippen molar-refractivity contribution in [2.24, 2.45) is 0 Å². The van der Waals surface area contributed by atoms with Gasteiger partial charge in [-0.15, -0.1) is 11.8 Å². The monoisotopic (exact) mass is 285 g/mol. The minimum Gasteiger partial charge on any atom is -0.465 e. The van der Waals surface area contributed by atoms with Crippen molar-refractivity contribution in [2.75, 3.05) is 18.9 Å². The van der Waals surface area contributed by atoms with Crippen molar-refractivity contribution in [3.8, 4) is 0 Å². The highest BCUT2D eigenvalue weighted by Gasteiger charge is 2.17. The van der Waals surface area contributed by atoms with Crippen LogP contribution in [0.15, 0.2) is 29.2 Å². The van der Waals surface area contributed by atoms with Crippen molar-refractivity contribution >= 4 is 17.7 Å². The summed E-state index contributed by atoms with van der Waals surface area (Å²) >= 11 is 1.60. The average Bonchev–Trinajstić information content (AvgIpc) is 2.40. The molecule has 106 valence electrons. The molecule has 1 aromatic rings. The van der Waals surface area contributed by atoms with Crippen LogP contribution >= 0.6 is 11.8 Å². The molecule has 0 aliphatic rings. The third kappa shape index (κ3) is 6.07.